The normalized spacial score (nSPS) is 17.6. The number of ether oxygens (including phenoxy) is 2. The quantitative estimate of drug-likeness (QED) is 0.525. The molecule has 0 bridgehead atoms. The lowest BCUT2D eigenvalue weighted by atomic mass is 9.83. The van der Waals surface area contributed by atoms with Crippen molar-refractivity contribution in [3.8, 4) is 5.75 Å². The number of alkyl carbamates (subject to hydrolysis) is 1. The molecule has 1 aromatic carbocycles. The van der Waals surface area contributed by atoms with Crippen LogP contribution >= 0.6 is 0 Å². The van der Waals surface area contributed by atoms with Crippen molar-refractivity contribution in [3.63, 3.8) is 0 Å². The summed E-state index contributed by atoms with van der Waals surface area (Å²) in [6.07, 6.45) is 3.04. The number of nitrogens with zero attached hydrogens (tertiary/aromatic N) is 3. The minimum Gasteiger partial charge on any atom is -0.450 e. The Balaban J connectivity index is 1.54. The van der Waals surface area contributed by atoms with Crippen molar-refractivity contribution in [3.05, 3.63) is 48.0 Å². The number of anilines is 1. The van der Waals surface area contributed by atoms with Crippen molar-refractivity contribution in [2.75, 3.05) is 24.6 Å². The van der Waals surface area contributed by atoms with Crippen molar-refractivity contribution in [1.29, 1.82) is 0 Å². The van der Waals surface area contributed by atoms with Crippen LogP contribution in [0.4, 0.5) is 10.5 Å². The molecule has 1 aliphatic heterocycles. The number of hydrogen-bond acceptors (Lipinski definition) is 7. The van der Waals surface area contributed by atoms with E-state index in [2.05, 4.69) is 40.1 Å². The van der Waals surface area contributed by atoms with E-state index in [4.69, 9.17) is 9.47 Å². The number of carbonyl (C=O) groups is 2. The van der Waals surface area contributed by atoms with Crippen molar-refractivity contribution >= 4 is 17.7 Å². The highest BCUT2D eigenvalue weighted by Gasteiger charge is 2.35. The molecule has 160 valence electrons. The van der Waals surface area contributed by atoms with Crippen LogP contribution in [0.25, 0.3) is 0 Å². The van der Waals surface area contributed by atoms with E-state index in [-0.39, 0.29) is 31.0 Å². The van der Waals surface area contributed by atoms with Gasteiger partial charge in [-0.25, -0.2) is 14.8 Å². The SMILES string of the molecule is CCN(CC)c1ccc2c(c1)OC(=O)C(CCOC(=O)NCc1ncccn1)C2C. The number of benzene rings is 1. The van der Waals surface area contributed by atoms with Gasteiger partial charge in [0.15, 0.2) is 0 Å². The van der Waals surface area contributed by atoms with Gasteiger partial charge in [0.05, 0.1) is 19.1 Å². The number of fused-ring (bicyclic) bond motifs is 1. The zero-order valence-corrected chi connectivity index (χ0v) is 17.6. The summed E-state index contributed by atoms with van der Waals surface area (Å²) >= 11 is 0. The smallest absolute Gasteiger partial charge is 0.407 e. The van der Waals surface area contributed by atoms with Crippen molar-refractivity contribution in [1.82, 2.24) is 15.3 Å². The molecule has 0 spiro atoms. The first-order valence-corrected chi connectivity index (χ1v) is 10.3. The van der Waals surface area contributed by atoms with Crippen LogP contribution in [-0.4, -0.2) is 41.7 Å². The van der Waals surface area contributed by atoms with Gasteiger partial charge in [-0.1, -0.05) is 13.0 Å². The lowest BCUT2D eigenvalue weighted by Crippen LogP contribution is -2.33. The zero-order valence-electron chi connectivity index (χ0n) is 17.6. The summed E-state index contributed by atoms with van der Waals surface area (Å²) in [4.78, 5) is 34.7. The summed E-state index contributed by atoms with van der Waals surface area (Å²) in [6, 6.07) is 7.73. The van der Waals surface area contributed by atoms with Crippen LogP contribution in [0.5, 0.6) is 5.75 Å². The van der Waals surface area contributed by atoms with E-state index in [0.717, 1.165) is 24.3 Å². The summed E-state index contributed by atoms with van der Waals surface area (Å²) in [7, 11) is 0. The molecule has 0 saturated carbocycles. The second kappa shape index (κ2) is 10.0. The third kappa shape index (κ3) is 5.06. The summed E-state index contributed by atoms with van der Waals surface area (Å²) in [6.45, 7) is 8.28. The maximum atomic E-state index is 12.6. The minimum atomic E-state index is -0.566. The van der Waals surface area contributed by atoms with Gasteiger partial charge in [-0.2, -0.15) is 0 Å². The molecule has 1 amide bonds. The highest BCUT2D eigenvalue weighted by molar-refractivity contribution is 5.80. The average molecular weight is 412 g/mol. The number of amides is 1. The van der Waals surface area contributed by atoms with E-state index in [0.29, 0.717) is 18.0 Å². The molecule has 2 heterocycles. The molecule has 1 aromatic heterocycles. The molecule has 1 aliphatic rings. The van der Waals surface area contributed by atoms with Gasteiger partial charge in [0.25, 0.3) is 0 Å². The Labute approximate surface area is 176 Å². The van der Waals surface area contributed by atoms with Crippen LogP contribution in [-0.2, 0) is 16.1 Å². The summed E-state index contributed by atoms with van der Waals surface area (Å²) in [5.41, 5.74) is 2.04. The lowest BCUT2D eigenvalue weighted by Gasteiger charge is -2.31. The van der Waals surface area contributed by atoms with Crippen LogP contribution in [0.2, 0.25) is 0 Å². The Morgan fingerprint density at radius 2 is 1.97 bits per heavy atom. The molecular formula is C22H28N4O4. The molecule has 2 unspecified atom stereocenters. The van der Waals surface area contributed by atoms with Crippen molar-refractivity contribution in [2.24, 2.45) is 5.92 Å². The van der Waals surface area contributed by atoms with E-state index in [1.165, 1.54) is 0 Å². The largest absolute Gasteiger partial charge is 0.450 e. The number of hydrogen-bond donors (Lipinski definition) is 1. The predicted octanol–water partition coefficient (Wildman–Crippen LogP) is 3.28. The van der Waals surface area contributed by atoms with Gasteiger partial charge in [0.1, 0.15) is 11.6 Å². The third-order valence-corrected chi connectivity index (χ3v) is 5.41. The van der Waals surface area contributed by atoms with Gasteiger partial charge < -0.3 is 19.7 Å². The summed E-state index contributed by atoms with van der Waals surface area (Å²) < 4.78 is 10.8. The van der Waals surface area contributed by atoms with E-state index in [1.54, 1.807) is 18.5 Å². The Bertz CT molecular complexity index is 871. The molecule has 0 aliphatic carbocycles. The Kier molecular flexibility index (Phi) is 7.21. The van der Waals surface area contributed by atoms with E-state index in [1.807, 2.05) is 19.1 Å². The predicted molar refractivity (Wildman–Crippen MR) is 112 cm³/mol. The van der Waals surface area contributed by atoms with Crippen molar-refractivity contribution < 1.29 is 19.1 Å². The Morgan fingerprint density at radius 3 is 2.67 bits per heavy atom. The van der Waals surface area contributed by atoms with E-state index >= 15 is 0 Å². The minimum absolute atomic E-state index is 0.0172. The first-order valence-electron chi connectivity index (χ1n) is 10.3. The fourth-order valence-electron chi connectivity index (χ4n) is 3.65. The number of esters is 1. The Morgan fingerprint density at radius 1 is 1.23 bits per heavy atom. The van der Waals surface area contributed by atoms with E-state index in [9.17, 15) is 9.59 Å². The van der Waals surface area contributed by atoms with Gasteiger partial charge in [-0.05, 0) is 43.9 Å². The number of rotatable bonds is 8. The van der Waals surface area contributed by atoms with Gasteiger partial charge in [0, 0.05) is 37.2 Å². The van der Waals surface area contributed by atoms with Crippen LogP contribution < -0.4 is 15.0 Å². The molecule has 30 heavy (non-hydrogen) atoms. The molecular weight excluding hydrogens is 384 g/mol. The molecule has 0 fully saturated rings. The molecule has 0 radical (unpaired) electrons. The fraction of sp³-hybridized carbons (Fsp3) is 0.455. The van der Waals surface area contributed by atoms with Crippen LogP contribution in [0.3, 0.4) is 0 Å². The molecule has 8 nitrogen and oxygen atoms in total. The monoisotopic (exact) mass is 412 g/mol. The molecule has 3 rings (SSSR count). The van der Waals surface area contributed by atoms with Crippen LogP contribution in [0.1, 0.15) is 44.5 Å². The average Bonchev–Trinajstić information content (AvgIpc) is 2.76. The number of carbonyl (C=O) groups excluding carboxylic acids is 2. The Hall–Kier alpha value is -3.16. The van der Waals surface area contributed by atoms with Gasteiger partial charge in [-0.3, -0.25) is 4.79 Å². The topological polar surface area (TPSA) is 93.6 Å². The number of nitrogens with one attached hydrogen (secondary N) is 1. The highest BCUT2D eigenvalue weighted by Crippen LogP contribution is 2.40. The molecule has 0 saturated heterocycles. The van der Waals surface area contributed by atoms with Crippen LogP contribution in [0.15, 0.2) is 36.7 Å². The van der Waals surface area contributed by atoms with Gasteiger partial charge >= 0.3 is 12.1 Å². The molecule has 2 aromatic rings. The maximum absolute atomic E-state index is 12.6. The second-order valence-electron chi connectivity index (χ2n) is 7.15. The zero-order chi connectivity index (χ0) is 21.5. The van der Waals surface area contributed by atoms with E-state index < -0.39 is 6.09 Å². The van der Waals surface area contributed by atoms with Crippen LogP contribution in [0, 0.1) is 5.92 Å². The van der Waals surface area contributed by atoms with Crippen molar-refractivity contribution in [2.45, 2.75) is 39.7 Å². The lowest BCUT2D eigenvalue weighted by molar-refractivity contribution is -0.141. The molecule has 2 atom stereocenters. The third-order valence-electron chi connectivity index (χ3n) is 5.41. The first kappa shape index (κ1) is 21.5. The first-order chi connectivity index (χ1) is 14.5. The molecule has 1 N–H and O–H groups in total. The fourth-order valence-corrected chi connectivity index (χ4v) is 3.65. The molecule has 8 heteroatoms. The second-order valence-corrected chi connectivity index (χ2v) is 7.15. The summed E-state index contributed by atoms with van der Waals surface area (Å²) in [5.74, 6) is 0.459. The maximum Gasteiger partial charge on any atom is 0.407 e. The highest BCUT2D eigenvalue weighted by atomic mass is 16.6. The number of aromatic nitrogens is 2. The summed E-state index contributed by atoms with van der Waals surface area (Å²) in [5, 5.41) is 2.60. The van der Waals surface area contributed by atoms with Gasteiger partial charge in [0.2, 0.25) is 0 Å². The van der Waals surface area contributed by atoms with Gasteiger partial charge in [-0.15, -0.1) is 0 Å². The standard InChI is InChI=1S/C22H28N4O4/c1-4-26(5-2)16-7-8-17-15(3)18(21(27)30-19(17)13-16)9-12-29-22(28)25-14-20-23-10-6-11-24-20/h6-8,10-11,13,15,18H,4-5,9,12,14H2,1-3H3,(H,25,28).